The molecule has 2 heterocycles. The van der Waals surface area contributed by atoms with E-state index in [1.807, 2.05) is 6.07 Å². The van der Waals surface area contributed by atoms with Crippen LogP contribution in [0.1, 0.15) is 37.6 Å². The molecule has 170 valence electrons. The summed E-state index contributed by atoms with van der Waals surface area (Å²) >= 11 is 0. The third kappa shape index (κ3) is 5.88. The fourth-order valence-electron chi connectivity index (χ4n) is 4.49. The van der Waals surface area contributed by atoms with Gasteiger partial charge in [0.15, 0.2) is 5.96 Å². The molecular formula is C26H36N6. The smallest absolute Gasteiger partial charge is 0.191 e. The SMILES string of the molecule is CCNC(=NCCCn1c(C)nc2ccccc21)NC1CCN(Cc2ccccc2)CC1. The van der Waals surface area contributed by atoms with Crippen LogP contribution < -0.4 is 10.6 Å². The molecule has 3 aromatic rings. The van der Waals surface area contributed by atoms with Gasteiger partial charge >= 0.3 is 0 Å². The number of fused-ring (bicyclic) bond motifs is 1. The van der Waals surface area contributed by atoms with Gasteiger partial charge in [-0.05, 0) is 50.8 Å². The summed E-state index contributed by atoms with van der Waals surface area (Å²) in [5.74, 6) is 2.02. The van der Waals surface area contributed by atoms with Gasteiger partial charge in [-0.3, -0.25) is 9.89 Å². The molecule has 0 bridgehead atoms. The average Bonchev–Trinajstić information content (AvgIpc) is 3.13. The second kappa shape index (κ2) is 11.1. The fraction of sp³-hybridized carbons (Fsp3) is 0.462. The van der Waals surface area contributed by atoms with E-state index in [4.69, 9.17) is 4.99 Å². The number of hydrogen-bond acceptors (Lipinski definition) is 3. The summed E-state index contributed by atoms with van der Waals surface area (Å²) in [7, 11) is 0. The number of aromatic nitrogens is 2. The van der Waals surface area contributed by atoms with Gasteiger partial charge in [0.05, 0.1) is 11.0 Å². The largest absolute Gasteiger partial charge is 0.357 e. The minimum atomic E-state index is 0.486. The number of rotatable bonds is 8. The molecule has 1 aromatic heterocycles. The number of para-hydroxylation sites is 2. The van der Waals surface area contributed by atoms with E-state index in [0.29, 0.717) is 6.04 Å². The Morgan fingerprint density at radius 2 is 1.81 bits per heavy atom. The zero-order valence-corrected chi connectivity index (χ0v) is 19.4. The highest BCUT2D eigenvalue weighted by Crippen LogP contribution is 2.16. The third-order valence-electron chi connectivity index (χ3n) is 6.18. The number of imidazole rings is 1. The second-order valence-electron chi connectivity index (χ2n) is 8.59. The Labute approximate surface area is 191 Å². The second-order valence-corrected chi connectivity index (χ2v) is 8.59. The Morgan fingerprint density at radius 3 is 2.59 bits per heavy atom. The van der Waals surface area contributed by atoms with Crippen molar-refractivity contribution in [3.63, 3.8) is 0 Å². The molecule has 1 aliphatic rings. The van der Waals surface area contributed by atoms with Crippen molar-refractivity contribution in [1.29, 1.82) is 0 Å². The molecule has 0 saturated carbocycles. The van der Waals surface area contributed by atoms with E-state index in [0.717, 1.165) is 75.8 Å². The lowest BCUT2D eigenvalue weighted by molar-refractivity contribution is 0.198. The van der Waals surface area contributed by atoms with Gasteiger partial charge in [0.25, 0.3) is 0 Å². The molecule has 1 saturated heterocycles. The highest BCUT2D eigenvalue weighted by Gasteiger charge is 2.20. The molecule has 6 nitrogen and oxygen atoms in total. The first-order valence-electron chi connectivity index (χ1n) is 12.0. The molecule has 32 heavy (non-hydrogen) atoms. The minimum absolute atomic E-state index is 0.486. The fourth-order valence-corrected chi connectivity index (χ4v) is 4.49. The first-order chi connectivity index (χ1) is 15.7. The number of piperidine rings is 1. The summed E-state index contributed by atoms with van der Waals surface area (Å²) in [6.45, 7) is 10.1. The first-order valence-corrected chi connectivity index (χ1v) is 12.0. The number of likely N-dealkylation sites (tertiary alicyclic amines) is 1. The molecule has 1 fully saturated rings. The zero-order chi connectivity index (χ0) is 22.2. The standard InChI is InChI=1S/C26H36N6/c1-3-27-26(28-16-9-17-32-21(2)29-24-12-7-8-13-25(24)32)30-23-14-18-31(19-15-23)20-22-10-5-4-6-11-22/h4-8,10-13,23H,3,9,14-20H2,1-2H3,(H2,27,28,30). The van der Waals surface area contributed by atoms with Gasteiger partial charge in [-0.25, -0.2) is 4.98 Å². The van der Waals surface area contributed by atoms with Gasteiger partial charge in [-0.2, -0.15) is 0 Å². The molecule has 0 unspecified atom stereocenters. The van der Waals surface area contributed by atoms with Gasteiger partial charge in [-0.15, -0.1) is 0 Å². The first kappa shape index (κ1) is 22.3. The van der Waals surface area contributed by atoms with Gasteiger partial charge < -0.3 is 15.2 Å². The van der Waals surface area contributed by atoms with Crippen LogP contribution in [0.4, 0.5) is 0 Å². The topological polar surface area (TPSA) is 57.5 Å². The number of aliphatic imine (C=N–C) groups is 1. The van der Waals surface area contributed by atoms with E-state index in [9.17, 15) is 0 Å². The van der Waals surface area contributed by atoms with Gasteiger partial charge in [0, 0.05) is 45.3 Å². The van der Waals surface area contributed by atoms with Crippen LogP contribution in [0.25, 0.3) is 11.0 Å². The lowest BCUT2D eigenvalue weighted by Gasteiger charge is -2.33. The molecular weight excluding hydrogens is 396 g/mol. The molecule has 0 spiro atoms. The van der Waals surface area contributed by atoms with Crippen LogP contribution in [0.15, 0.2) is 59.6 Å². The van der Waals surface area contributed by atoms with Crippen LogP contribution in [0.3, 0.4) is 0 Å². The van der Waals surface area contributed by atoms with E-state index in [1.54, 1.807) is 0 Å². The van der Waals surface area contributed by atoms with Crippen molar-refractivity contribution < 1.29 is 0 Å². The van der Waals surface area contributed by atoms with Crippen molar-refractivity contribution in [3.8, 4) is 0 Å². The number of nitrogens with one attached hydrogen (secondary N) is 2. The van der Waals surface area contributed by atoms with Crippen molar-refractivity contribution in [3.05, 3.63) is 66.0 Å². The number of nitrogens with zero attached hydrogens (tertiary/aromatic N) is 4. The minimum Gasteiger partial charge on any atom is -0.357 e. The summed E-state index contributed by atoms with van der Waals surface area (Å²) < 4.78 is 2.30. The monoisotopic (exact) mass is 432 g/mol. The normalized spacial score (nSPS) is 15.9. The molecule has 0 amide bonds. The lowest BCUT2D eigenvalue weighted by atomic mass is 10.0. The summed E-state index contributed by atoms with van der Waals surface area (Å²) in [6, 6.07) is 19.6. The van der Waals surface area contributed by atoms with Crippen LogP contribution in [0.2, 0.25) is 0 Å². The van der Waals surface area contributed by atoms with Crippen LogP contribution in [-0.2, 0) is 13.1 Å². The molecule has 4 rings (SSSR count). The summed E-state index contributed by atoms with van der Waals surface area (Å²) in [5, 5.41) is 7.09. The van der Waals surface area contributed by atoms with Crippen molar-refractivity contribution >= 4 is 17.0 Å². The maximum atomic E-state index is 4.85. The molecule has 0 aliphatic carbocycles. The Hall–Kier alpha value is -2.86. The highest BCUT2D eigenvalue weighted by molar-refractivity contribution is 5.80. The van der Waals surface area contributed by atoms with Crippen molar-refractivity contribution in [2.45, 2.75) is 52.2 Å². The van der Waals surface area contributed by atoms with Crippen LogP contribution >= 0.6 is 0 Å². The maximum absolute atomic E-state index is 4.85. The highest BCUT2D eigenvalue weighted by atomic mass is 15.2. The van der Waals surface area contributed by atoms with E-state index in [1.165, 1.54) is 11.1 Å². The van der Waals surface area contributed by atoms with Gasteiger partial charge in [0.2, 0.25) is 0 Å². The van der Waals surface area contributed by atoms with Crippen LogP contribution in [0.5, 0.6) is 0 Å². The quantitative estimate of drug-likeness (QED) is 0.321. The molecule has 6 heteroatoms. The zero-order valence-electron chi connectivity index (χ0n) is 19.4. The molecule has 1 aliphatic heterocycles. The molecule has 0 radical (unpaired) electrons. The number of aryl methyl sites for hydroxylation is 2. The molecule has 0 atom stereocenters. The number of guanidine groups is 1. The Morgan fingerprint density at radius 1 is 1.06 bits per heavy atom. The van der Waals surface area contributed by atoms with Crippen LogP contribution in [0, 0.1) is 6.92 Å². The summed E-state index contributed by atoms with van der Waals surface area (Å²) in [6.07, 6.45) is 3.29. The van der Waals surface area contributed by atoms with Crippen molar-refractivity contribution in [2.75, 3.05) is 26.2 Å². The van der Waals surface area contributed by atoms with E-state index >= 15 is 0 Å². The number of benzene rings is 2. The van der Waals surface area contributed by atoms with Crippen molar-refractivity contribution in [1.82, 2.24) is 25.1 Å². The van der Waals surface area contributed by atoms with Gasteiger partial charge in [0.1, 0.15) is 5.82 Å². The maximum Gasteiger partial charge on any atom is 0.191 e. The predicted molar refractivity (Wildman–Crippen MR) is 133 cm³/mol. The van der Waals surface area contributed by atoms with E-state index < -0.39 is 0 Å². The van der Waals surface area contributed by atoms with Gasteiger partial charge in [-0.1, -0.05) is 42.5 Å². The van der Waals surface area contributed by atoms with Crippen LogP contribution in [-0.4, -0.2) is 52.6 Å². The Balaban J connectivity index is 1.25. The van der Waals surface area contributed by atoms with Crippen molar-refractivity contribution in [2.24, 2.45) is 4.99 Å². The molecule has 2 N–H and O–H groups in total. The molecule has 2 aromatic carbocycles. The average molecular weight is 433 g/mol. The summed E-state index contributed by atoms with van der Waals surface area (Å²) in [4.78, 5) is 12.1. The van der Waals surface area contributed by atoms with E-state index in [2.05, 4.69) is 87.5 Å². The Kier molecular flexibility index (Phi) is 7.77. The lowest BCUT2D eigenvalue weighted by Crippen LogP contribution is -2.48. The summed E-state index contributed by atoms with van der Waals surface area (Å²) in [5.41, 5.74) is 3.68. The Bertz CT molecular complexity index is 1000. The number of hydrogen-bond donors (Lipinski definition) is 2. The van der Waals surface area contributed by atoms with E-state index in [-0.39, 0.29) is 0 Å². The predicted octanol–water partition coefficient (Wildman–Crippen LogP) is 3.95. The third-order valence-corrected chi connectivity index (χ3v) is 6.18.